The second-order valence-electron chi connectivity index (χ2n) is 4.44. The van der Waals surface area contributed by atoms with E-state index >= 15 is 0 Å². The topological polar surface area (TPSA) is 55.4 Å². The van der Waals surface area contributed by atoms with Gasteiger partial charge in [0, 0.05) is 0 Å². The van der Waals surface area contributed by atoms with Crippen LogP contribution in [0, 0.1) is 12.7 Å². The summed E-state index contributed by atoms with van der Waals surface area (Å²) in [5.74, 6) is -0.0236. The molecule has 0 atom stereocenters. The molecule has 112 valence electrons. The van der Waals surface area contributed by atoms with Crippen LogP contribution in [0.3, 0.4) is 0 Å². The summed E-state index contributed by atoms with van der Waals surface area (Å²) >= 11 is 0. The van der Waals surface area contributed by atoms with Crippen LogP contribution < -0.4 is 9.46 Å². The Hall–Kier alpha value is -2.08. The first-order valence-electron chi connectivity index (χ1n) is 6.45. The van der Waals surface area contributed by atoms with Gasteiger partial charge in [0.2, 0.25) is 0 Å². The third kappa shape index (κ3) is 3.52. The lowest BCUT2D eigenvalue weighted by molar-refractivity contribution is 0.342. The Morgan fingerprint density at radius 1 is 1.19 bits per heavy atom. The maximum Gasteiger partial charge on any atom is 0.262 e. The summed E-state index contributed by atoms with van der Waals surface area (Å²) in [4.78, 5) is 0.0372. The minimum Gasteiger partial charge on any atom is -0.492 e. The standard InChI is InChI=1S/C15H16FNO3S/c1-3-20-14-7-5-4-6-13(14)17-21(18,19)15-9-8-12(16)10-11(15)2/h4-10,17H,3H2,1-2H3. The zero-order chi connectivity index (χ0) is 15.5. The highest BCUT2D eigenvalue weighted by Crippen LogP contribution is 2.27. The summed E-state index contributed by atoms with van der Waals surface area (Å²) in [5, 5.41) is 0. The van der Waals surface area contributed by atoms with Crippen molar-refractivity contribution in [2.24, 2.45) is 0 Å². The van der Waals surface area contributed by atoms with Gasteiger partial charge >= 0.3 is 0 Å². The molecule has 0 aliphatic carbocycles. The molecule has 4 nitrogen and oxygen atoms in total. The van der Waals surface area contributed by atoms with Gasteiger partial charge in [0.1, 0.15) is 11.6 Å². The summed E-state index contributed by atoms with van der Waals surface area (Å²) in [6.45, 7) is 3.79. The maximum atomic E-state index is 13.1. The average Bonchev–Trinajstić information content (AvgIpc) is 2.40. The van der Waals surface area contributed by atoms with E-state index < -0.39 is 15.8 Å². The van der Waals surface area contributed by atoms with Crippen molar-refractivity contribution in [2.45, 2.75) is 18.7 Å². The van der Waals surface area contributed by atoms with E-state index in [0.29, 0.717) is 23.6 Å². The van der Waals surface area contributed by atoms with Crippen LogP contribution in [-0.4, -0.2) is 15.0 Å². The number of nitrogens with one attached hydrogen (secondary N) is 1. The number of rotatable bonds is 5. The molecule has 0 unspecified atom stereocenters. The molecule has 1 N–H and O–H groups in total. The molecule has 2 aromatic rings. The summed E-state index contributed by atoms with van der Waals surface area (Å²) in [6, 6.07) is 10.3. The Morgan fingerprint density at radius 3 is 2.57 bits per heavy atom. The highest BCUT2D eigenvalue weighted by atomic mass is 32.2. The van der Waals surface area contributed by atoms with Crippen LogP contribution in [0.4, 0.5) is 10.1 Å². The van der Waals surface area contributed by atoms with E-state index in [4.69, 9.17) is 4.74 Å². The second-order valence-corrected chi connectivity index (χ2v) is 6.10. The van der Waals surface area contributed by atoms with Gasteiger partial charge in [0.15, 0.2) is 0 Å². The van der Waals surface area contributed by atoms with Crippen LogP contribution >= 0.6 is 0 Å². The minimum atomic E-state index is -3.80. The van der Waals surface area contributed by atoms with E-state index in [1.807, 2.05) is 6.92 Å². The molecule has 0 bridgehead atoms. The number of ether oxygens (including phenoxy) is 1. The Balaban J connectivity index is 2.38. The van der Waals surface area contributed by atoms with Gasteiger partial charge in [-0.3, -0.25) is 4.72 Å². The van der Waals surface area contributed by atoms with Crippen molar-refractivity contribution in [1.29, 1.82) is 0 Å². The molecule has 0 aliphatic heterocycles. The molecule has 2 rings (SSSR count). The quantitative estimate of drug-likeness (QED) is 0.921. The Morgan fingerprint density at radius 2 is 1.90 bits per heavy atom. The number of hydrogen-bond acceptors (Lipinski definition) is 3. The summed E-state index contributed by atoms with van der Waals surface area (Å²) in [5.41, 5.74) is 0.694. The van der Waals surface area contributed by atoms with Gasteiger partial charge in [-0.1, -0.05) is 12.1 Å². The predicted octanol–water partition coefficient (Wildman–Crippen LogP) is 3.33. The molecule has 0 heterocycles. The van der Waals surface area contributed by atoms with E-state index in [0.717, 1.165) is 6.07 Å². The zero-order valence-corrected chi connectivity index (χ0v) is 12.6. The summed E-state index contributed by atoms with van der Waals surface area (Å²) in [6.07, 6.45) is 0. The Kier molecular flexibility index (Phi) is 4.47. The van der Waals surface area contributed by atoms with E-state index in [-0.39, 0.29) is 4.90 Å². The normalized spacial score (nSPS) is 11.2. The van der Waals surface area contributed by atoms with Crippen LogP contribution in [-0.2, 0) is 10.0 Å². The fourth-order valence-electron chi connectivity index (χ4n) is 1.95. The molecule has 0 amide bonds. The predicted molar refractivity (Wildman–Crippen MR) is 79.6 cm³/mol. The molecule has 0 saturated carbocycles. The largest absolute Gasteiger partial charge is 0.492 e. The SMILES string of the molecule is CCOc1ccccc1NS(=O)(=O)c1ccc(F)cc1C. The first-order valence-corrected chi connectivity index (χ1v) is 7.93. The number of aryl methyl sites for hydroxylation is 1. The van der Waals surface area contributed by atoms with Gasteiger partial charge in [-0.05, 0) is 49.7 Å². The van der Waals surface area contributed by atoms with Gasteiger partial charge in [-0.25, -0.2) is 12.8 Å². The van der Waals surface area contributed by atoms with Crippen molar-refractivity contribution < 1.29 is 17.5 Å². The van der Waals surface area contributed by atoms with Crippen LogP contribution in [0.1, 0.15) is 12.5 Å². The van der Waals surface area contributed by atoms with Gasteiger partial charge in [-0.2, -0.15) is 0 Å². The molecule has 0 saturated heterocycles. The van der Waals surface area contributed by atoms with Crippen molar-refractivity contribution in [3.8, 4) is 5.75 Å². The number of benzene rings is 2. The monoisotopic (exact) mass is 309 g/mol. The van der Waals surface area contributed by atoms with Crippen molar-refractivity contribution in [1.82, 2.24) is 0 Å². The van der Waals surface area contributed by atoms with Gasteiger partial charge < -0.3 is 4.74 Å². The minimum absolute atomic E-state index is 0.0372. The van der Waals surface area contributed by atoms with E-state index in [1.54, 1.807) is 31.2 Å². The molecule has 0 aliphatic rings. The van der Waals surface area contributed by atoms with Gasteiger partial charge in [0.05, 0.1) is 17.2 Å². The lowest BCUT2D eigenvalue weighted by atomic mass is 10.2. The molecule has 0 fully saturated rings. The van der Waals surface area contributed by atoms with Crippen molar-refractivity contribution in [3.63, 3.8) is 0 Å². The third-order valence-electron chi connectivity index (χ3n) is 2.86. The molecule has 0 radical (unpaired) electrons. The highest BCUT2D eigenvalue weighted by molar-refractivity contribution is 7.92. The number of halogens is 1. The smallest absolute Gasteiger partial charge is 0.262 e. The van der Waals surface area contributed by atoms with E-state index in [9.17, 15) is 12.8 Å². The number of para-hydroxylation sites is 2. The molecular formula is C15H16FNO3S. The molecule has 21 heavy (non-hydrogen) atoms. The average molecular weight is 309 g/mol. The fourth-order valence-corrected chi connectivity index (χ4v) is 3.24. The van der Waals surface area contributed by atoms with Crippen molar-refractivity contribution in [2.75, 3.05) is 11.3 Å². The maximum absolute atomic E-state index is 13.1. The fraction of sp³-hybridized carbons (Fsp3) is 0.200. The van der Waals surface area contributed by atoms with Crippen molar-refractivity contribution in [3.05, 3.63) is 53.8 Å². The lowest BCUT2D eigenvalue weighted by Crippen LogP contribution is -2.15. The number of sulfonamides is 1. The van der Waals surface area contributed by atoms with Gasteiger partial charge in [0.25, 0.3) is 10.0 Å². The molecule has 0 aromatic heterocycles. The number of anilines is 1. The molecule has 2 aromatic carbocycles. The first-order chi connectivity index (χ1) is 9.94. The summed E-state index contributed by atoms with van der Waals surface area (Å²) in [7, 11) is -3.80. The third-order valence-corrected chi connectivity index (χ3v) is 4.38. The van der Waals surface area contributed by atoms with Crippen LogP contribution in [0.5, 0.6) is 5.75 Å². The van der Waals surface area contributed by atoms with Crippen LogP contribution in [0.25, 0.3) is 0 Å². The molecular weight excluding hydrogens is 293 g/mol. The van der Waals surface area contributed by atoms with Gasteiger partial charge in [-0.15, -0.1) is 0 Å². The number of hydrogen-bond donors (Lipinski definition) is 1. The van der Waals surface area contributed by atoms with Crippen molar-refractivity contribution >= 4 is 15.7 Å². The molecule has 0 spiro atoms. The van der Waals surface area contributed by atoms with Crippen LogP contribution in [0.2, 0.25) is 0 Å². The second kappa shape index (κ2) is 6.13. The van der Waals surface area contributed by atoms with Crippen LogP contribution in [0.15, 0.2) is 47.4 Å². The van der Waals surface area contributed by atoms with E-state index in [2.05, 4.69) is 4.72 Å². The zero-order valence-electron chi connectivity index (χ0n) is 11.8. The first kappa shape index (κ1) is 15.3. The Labute approximate surface area is 123 Å². The summed E-state index contributed by atoms with van der Waals surface area (Å²) < 4.78 is 45.7. The molecule has 6 heteroatoms. The lowest BCUT2D eigenvalue weighted by Gasteiger charge is -2.13. The highest BCUT2D eigenvalue weighted by Gasteiger charge is 2.19. The Bertz CT molecular complexity index is 744. The van der Waals surface area contributed by atoms with E-state index in [1.165, 1.54) is 12.1 Å².